The summed E-state index contributed by atoms with van der Waals surface area (Å²) in [4.78, 5) is 18.1. The maximum Gasteiger partial charge on any atom is 0.407 e. The molecular formula is C39H47N3O9S2. The summed E-state index contributed by atoms with van der Waals surface area (Å²) in [6.07, 6.45) is 4.50. The van der Waals surface area contributed by atoms with E-state index in [1.807, 2.05) is 47.8 Å². The minimum Gasteiger partial charge on any atom is -0.454 e. The first kappa shape index (κ1) is 36.6. The summed E-state index contributed by atoms with van der Waals surface area (Å²) in [5.41, 5.74) is 1.46. The van der Waals surface area contributed by atoms with Crippen molar-refractivity contribution in [2.45, 2.75) is 87.9 Å². The van der Waals surface area contributed by atoms with Gasteiger partial charge >= 0.3 is 6.09 Å². The summed E-state index contributed by atoms with van der Waals surface area (Å²) in [5.74, 6) is 0.776. The molecule has 2 bridgehead atoms. The van der Waals surface area contributed by atoms with Gasteiger partial charge in [0.05, 0.1) is 36.9 Å². The molecule has 7 atom stereocenters. The lowest BCUT2D eigenvalue weighted by Gasteiger charge is -2.33. The number of fused-ring (bicyclic) bond motifs is 3. The topological polar surface area (TPSA) is 150 Å². The normalized spacial score (nSPS) is 28.6. The highest BCUT2D eigenvalue weighted by Gasteiger charge is 2.63. The number of amides is 1. The fraction of sp³-hybridized carbons (Fsp3) is 0.538. The third kappa shape index (κ3) is 7.51. The number of sulfonamides is 1. The van der Waals surface area contributed by atoms with Crippen LogP contribution in [0.3, 0.4) is 0 Å². The lowest BCUT2D eigenvalue weighted by Crippen LogP contribution is -2.52. The monoisotopic (exact) mass is 765 g/mol. The Morgan fingerprint density at radius 3 is 2.79 bits per heavy atom. The number of carbonyl (C=O) groups is 1. The van der Waals surface area contributed by atoms with Crippen LogP contribution in [-0.2, 0) is 42.0 Å². The second-order valence-electron chi connectivity index (χ2n) is 15.1. The molecule has 1 aliphatic carbocycles. The van der Waals surface area contributed by atoms with E-state index in [2.05, 4.69) is 17.2 Å². The SMILES string of the molecule is CC12CO[C@@H]3OCC(CC31)[C@@H]2OC(=O)N[C@@H](Cc1ccccc1)[C@H](O)CN1CCCCCCCOCc2cc3cc(-c4nccs4)oc3cc2S1(=O)=O. The third-order valence-corrected chi connectivity index (χ3v) is 14.2. The fourth-order valence-corrected chi connectivity index (χ4v) is 10.9. The quantitative estimate of drug-likeness (QED) is 0.215. The predicted molar refractivity (Wildman–Crippen MR) is 198 cm³/mol. The Morgan fingerprint density at radius 2 is 1.96 bits per heavy atom. The molecule has 4 aromatic rings. The van der Waals surface area contributed by atoms with Crippen molar-refractivity contribution in [3.05, 3.63) is 71.2 Å². The van der Waals surface area contributed by atoms with E-state index in [0.29, 0.717) is 48.2 Å². The van der Waals surface area contributed by atoms with Crippen molar-refractivity contribution in [1.82, 2.24) is 14.6 Å². The van der Waals surface area contributed by atoms with Gasteiger partial charge in [0.2, 0.25) is 10.0 Å². The van der Waals surface area contributed by atoms with Gasteiger partial charge in [-0.05, 0) is 48.9 Å². The van der Waals surface area contributed by atoms with Crippen LogP contribution in [0.5, 0.6) is 0 Å². The number of aliphatic hydroxyl groups is 1. The molecule has 0 spiro atoms. The van der Waals surface area contributed by atoms with Gasteiger partial charge in [-0.2, -0.15) is 4.31 Å². The molecule has 2 saturated heterocycles. The number of furan rings is 1. The zero-order chi connectivity index (χ0) is 36.6. The van der Waals surface area contributed by atoms with Crippen LogP contribution in [-0.4, -0.2) is 86.4 Å². The molecule has 3 unspecified atom stereocenters. The second-order valence-corrected chi connectivity index (χ2v) is 17.9. The standard InChI is InChI=1S/C39H47N3O9S2/c1-39-24-49-37-29(39)18-28(23-48-37)35(39)51-38(44)41-30(16-25-10-6-5-7-11-25)31(43)21-42-13-8-3-2-4-9-14-47-22-27-17-26-19-33(36-40-12-15-52-36)50-32(26)20-34(27)53(42,45)46/h5-7,10-12,15,17,19-20,28-31,35,37,43H,2-4,8-9,13-14,16,18,21-24H2,1H3,(H,41,44)/t28?,29?,30-,31+,35-,37-,39?/m0/s1. The number of alkyl carbamates (subject to hydrolysis) is 1. The Kier molecular flexibility index (Phi) is 10.6. The molecule has 1 amide bonds. The molecule has 2 N–H and O–H groups in total. The van der Waals surface area contributed by atoms with E-state index >= 15 is 0 Å². The van der Waals surface area contributed by atoms with Crippen LogP contribution in [0.15, 0.2) is 69.4 Å². The van der Waals surface area contributed by atoms with Crippen molar-refractivity contribution >= 4 is 38.4 Å². The summed E-state index contributed by atoms with van der Waals surface area (Å²) in [5, 5.41) is 18.2. The molecule has 12 nitrogen and oxygen atoms in total. The number of hydrogen-bond donors (Lipinski definition) is 2. The summed E-state index contributed by atoms with van der Waals surface area (Å²) in [6.45, 7) is 3.60. The van der Waals surface area contributed by atoms with Crippen molar-refractivity contribution in [1.29, 1.82) is 0 Å². The number of aliphatic hydroxyl groups excluding tert-OH is 1. The lowest BCUT2D eigenvalue weighted by molar-refractivity contribution is -0.170. The number of benzene rings is 2. The number of β-amino-alcohol motifs (C(OH)–C–C–N with tert-alkyl or cyclic N) is 1. The van der Waals surface area contributed by atoms with E-state index in [9.17, 15) is 18.3 Å². The summed E-state index contributed by atoms with van der Waals surface area (Å²) < 4.78 is 61.0. The smallest absolute Gasteiger partial charge is 0.407 e. The summed E-state index contributed by atoms with van der Waals surface area (Å²) in [6, 6.07) is 13.9. The van der Waals surface area contributed by atoms with E-state index in [1.54, 1.807) is 12.3 Å². The molecule has 14 heteroatoms. The molecule has 3 fully saturated rings. The van der Waals surface area contributed by atoms with Crippen LogP contribution in [0.25, 0.3) is 21.7 Å². The number of hydrogen-bond acceptors (Lipinski definition) is 11. The maximum absolute atomic E-state index is 14.8. The van der Waals surface area contributed by atoms with Gasteiger partial charge in [0, 0.05) is 60.0 Å². The second kappa shape index (κ2) is 15.4. The maximum atomic E-state index is 14.8. The van der Waals surface area contributed by atoms with E-state index in [-0.39, 0.29) is 54.6 Å². The van der Waals surface area contributed by atoms with Gasteiger partial charge in [-0.25, -0.2) is 18.2 Å². The van der Waals surface area contributed by atoms with Crippen molar-refractivity contribution < 1.29 is 41.7 Å². The van der Waals surface area contributed by atoms with E-state index in [1.165, 1.54) is 15.6 Å². The highest BCUT2D eigenvalue weighted by molar-refractivity contribution is 7.89. The van der Waals surface area contributed by atoms with E-state index in [4.69, 9.17) is 23.4 Å². The number of carbonyl (C=O) groups excluding carboxylic acids is 1. The average molecular weight is 766 g/mol. The Morgan fingerprint density at radius 1 is 1.13 bits per heavy atom. The molecular weight excluding hydrogens is 719 g/mol. The third-order valence-electron chi connectivity index (χ3n) is 11.4. The van der Waals surface area contributed by atoms with E-state index < -0.39 is 34.4 Å². The lowest BCUT2D eigenvalue weighted by atomic mass is 9.80. The fourth-order valence-electron chi connectivity index (χ4n) is 8.59. The van der Waals surface area contributed by atoms with Gasteiger partial charge in [0.25, 0.3) is 0 Å². The van der Waals surface area contributed by atoms with Gasteiger partial charge in [-0.15, -0.1) is 11.3 Å². The molecule has 8 rings (SSSR count). The van der Waals surface area contributed by atoms with Crippen molar-refractivity contribution in [3.63, 3.8) is 0 Å². The van der Waals surface area contributed by atoms with Crippen LogP contribution < -0.4 is 5.32 Å². The van der Waals surface area contributed by atoms with Crippen LogP contribution in [0.1, 0.15) is 56.6 Å². The number of nitrogens with zero attached hydrogens (tertiary/aromatic N) is 2. The van der Waals surface area contributed by atoms with Gasteiger partial charge in [-0.1, -0.05) is 56.5 Å². The largest absolute Gasteiger partial charge is 0.454 e. The van der Waals surface area contributed by atoms with Crippen LogP contribution in [0.2, 0.25) is 0 Å². The van der Waals surface area contributed by atoms with Crippen molar-refractivity contribution in [2.24, 2.45) is 17.3 Å². The number of nitrogens with one attached hydrogen (secondary N) is 1. The molecule has 1 saturated carbocycles. The van der Waals surface area contributed by atoms with Gasteiger partial charge < -0.3 is 33.8 Å². The molecule has 4 aliphatic rings. The molecule has 53 heavy (non-hydrogen) atoms. The highest BCUT2D eigenvalue weighted by Crippen LogP contribution is 2.57. The first-order valence-corrected chi connectivity index (χ1v) is 21.0. The Balaban J connectivity index is 1.07. The van der Waals surface area contributed by atoms with Crippen LogP contribution in [0.4, 0.5) is 4.79 Å². The first-order chi connectivity index (χ1) is 25.7. The minimum absolute atomic E-state index is 0.0624. The predicted octanol–water partition coefficient (Wildman–Crippen LogP) is 6.12. The highest BCUT2D eigenvalue weighted by atomic mass is 32.2. The molecule has 2 aromatic carbocycles. The zero-order valence-corrected chi connectivity index (χ0v) is 31.5. The molecule has 2 aromatic heterocycles. The summed E-state index contributed by atoms with van der Waals surface area (Å²) in [7, 11) is -4.18. The zero-order valence-electron chi connectivity index (χ0n) is 29.9. The van der Waals surface area contributed by atoms with Crippen LogP contribution >= 0.6 is 11.3 Å². The molecule has 3 aliphatic heterocycles. The Bertz CT molecular complexity index is 1990. The molecule has 0 radical (unpaired) electrons. The molecule has 5 heterocycles. The Labute approximate surface area is 313 Å². The number of ether oxygens (including phenoxy) is 4. The first-order valence-electron chi connectivity index (χ1n) is 18.7. The Hall–Kier alpha value is -3.37. The van der Waals surface area contributed by atoms with Crippen molar-refractivity contribution in [3.8, 4) is 10.8 Å². The number of aromatic nitrogens is 1. The summed E-state index contributed by atoms with van der Waals surface area (Å²) >= 11 is 1.44. The average Bonchev–Trinajstić information content (AvgIpc) is 3.94. The minimum atomic E-state index is -4.18. The van der Waals surface area contributed by atoms with Gasteiger partial charge in [0.1, 0.15) is 11.7 Å². The van der Waals surface area contributed by atoms with Crippen LogP contribution in [0, 0.1) is 17.3 Å². The van der Waals surface area contributed by atoms with Gasteiger partial charge in [-0.3, -0.25) is 0 Å². The molecule has 284 valence electrons. The number of thiazole rings is 1. The van der Waals surface area contributed by atoms with Crippen molar-refractivity contribution in [2.75, 3.05) is 32.9 Å². The van der Waals surface area contributed by atoms with Gasteiger partial charge in [0.15, 0.2) is 17.1 Å². The van der Waals surface area contributed by atoms with E-state index in [0.717, 1.165) is 43.1 Å². The number of rotatable bonds is 8.